The van der Waals surface area contributed by atoms with Crippen LogP contribution in [-0.4, -0.2) is 14.5 Å². The van der Waals surface area contributed by atoms with Crippen LogP contribution in [0, 0.1) is 6.92 Å². The van der Waals surface area contributed by atoms with Crippen molar-refractivity contribution >= 4 is 0 Å². The Morgan fingerprint density at radius 3 is 2.53 bits per heavy atom. The number of rotatable bonds is 3. The molecule has 2 rings (SSSR count). The predicted octanol–water partition coefficient (Wildman–Crippen LogP) is 3.32. The van der Waals surface area contributed by atoms with E-state index in [1.54, 1.807) is 6.20 Å². The van der Waals surface area contributed by atoms with Crippen LogP contribution < -0.4 is 0 Å². The lowest BCUT2D eigenvalue weighted by atomic mass is 10.1. The molecule has 90 valence electrons. The summed E-state index contributed by atoms with van der Waals surface area (Å²) in [5.74, 6) is 0.470. The van der Waals surface area contributed by atoms with Gasteiger partial charge in [0.1, 0.15) is 0 Å². The zero-order valence-electron chi connectivity index (χ0n) is 10.9. The van der Waals surface area contributed by atoms with Crippen LogP contribution in [0.3, 0.4) is 0 Å². The van der Waals surface area contributed by atoms with Crippen LogP contribution in [0.4, 0.5) is 0 Å². The number of nitrogens with zero attached hydrogens (tertiary/aromatic N) is 3. The molecule has 2 aromatic rings. The first kappa shape index (κ1) is 11.8. The standard InChI is InChI=1S/C14H19N3/c1-10(2)14-12(4)17(9-16-14)11(3)13-6-5-7-15-8-13/h5-11H,1-4H3. The van der Waals surface area contributed by atoms with Crippen molar-refractivity contribution in [2.75, 3.05) is 0 Å². The number of imidazole rings is 1. The third kappa shape index (κ3) is 2.23. The summed E-state index contributed by atoms with van der Waals surface area (Å²) in [6.45, 7) is 8.66. The average Bonchev–Trinajstić information content (AvgIpc) is 2.71. The molecule has 2 heterocycles. The second-order valence-corrected chi connectivity index (χ2v) is 4.74. The first-order chi connectivity index (χ1) is 8.11. The highest BCUT2D eigenvalue weighted by molar-refractivity contribution is 5.21. The number of aromatic nitrogens is 3. The van der Waals surface area contributed by atoms with Crippen LogP contribution >= 0.6 is 0 Å². The topological polar surface area (TPSA) is 30.7 Å². The molecule has 2 aromatic heterocycles. The van der Waals surface area contributed by atoms with E-state index in [-0.39, 0.29) is 6.04 Å². The summed E-state index contributed by atoms with van der Waals surface area (Å²) in [5.41, 5.74) is 3.64. The highest BCUT2D eigenvalue weighted by Gasteiger charge is 2.15. The van der Waals surface area contributed by atoms with Gasteiger partial charge in [-0.2, -0.15) is 0 Å². The maximum atomic E-state index is 4.50. The van der Waals surface area contributed by atoms with Crippen LogP contribution in [0.25, 0.3) is 0 Å². The Hall–Kier alpha value is -1.64. The van der Waals surface area contributed by atoms with Gasteiger partial charge in [-0.05, 0) is 31.4 Å². The maximum Gasteiger partial charge on any atom is 0.0957 e. The molecule has 0 aliphatic heterocycles. The highest BCUT2D eigenvalue weighted by atomic mass is 15.1. The summed E-state index contributed by atoms with van der Waals surface area (Å²) < 4.78 is 2.21. The van der Waals surface area contributed by atoms with E-state index in [0.717, 1.165) is 0 Å². The van der Waals surface area contributed by atoms with Crippen molar-refractivity contribution in [3.63, 3.8) is 0 Å². The molecule has 0 aromatic carbocycles. The molecule has 0 spiro atoms. The van der Waals surface area contributed by atoms with Crippen LogP contribution in [0.1, 0.15) is 49.7 Å². The molecule has 0 N–H and O–H groups in total. The van der Waals surface area contributed by atoms with Gasteiger partial charge >= 0.3 is 0 Å². The lowest BCUT2D eigenvalue weighted by molar-refractivity contribution is 0.617. The monoisotopic (exact) mass is 229 g/mol. The van der Waals surface area contributed by atoms with Crippen molar-refractivity contribution in [1.82, 2.24) is 14.5 Å². The van der Waals surface area contributed by atoms with Gasteiger partial charge in [-0.15, -0.1) is 0 Å². The summed E-state index contributed by atoms with van der Waals surface area (Å²) in [7, 11) is 0. The first-order valence-corrected chi connectivity index (χ1v) is 6.04. The Balaban J connectivity index is 2.35. The molecule has 0 saturated heterocycles. The minimum atomic E-state index is 0.281. The zero-order chi connectivity index (χ0) is 12.4. The van der Waals surface area contributed by atoms with Gasteiger partial charge in [0.05, 0.1) is 18.1 Å². The van der Waals surface area contributed by atoms with E-state index in [1.807, 2.05) is 18.6 Å². The van der Waals surface area contributed by atoms with E-state index < -0.39 is 0 Å². The minimum Gasteiger partial charge on any atom is -0.327 e. The summed E-state index contributed by atoms with van der Waals surface area (Å²) in [4.78, 5) is 8.67. The van der Waals surface area contributed by atoms with Crippen molar-refractivity contribution in [3.05, 3.63) is 47.8 Å². The summed E-state index contributed by atoms with van der Waals surface area (Å²) >= 11 is 0. The third-order valence-electron chi connectivity index (χ3n) is 3.21. The molecule has 0 bridgehead atoms. The van der Waals surface area contributed by atoms with Crippen molar-refractivity contribution in [2.45, 2.75) is 39.7 Å². The second-order valence-electron chi connectivity index (χ2n) is 4.74. The fourth-order valence-electron chi connectivity index (χ4n) is 2.18. The zero-order valence-corrected chi connectivity index (χ0v) is 10.9. The molecule has 0 fully saturated rings. The van der Waals surface area contributed by atoms with Crippen LogP contribution in [0.2, 0.25) is 0 Å². The van der Waals surface area contributed by atoms with Gasteiger partial charge in [0, 0.05) is 18.1 Å². The van der Waals surface area contributed by atoms with Crippen molar-refractivity contribution < 1.29 is 0 Å². The summed E-state index contributed by atoms with van der Waals surface area (Å²) in [6, 6.07) is 4.36. The molecule has 0 aliphatic carbocycles. The van der Waals surface area contributed by atoms with Crippen molar-refractivity contribution in [1.29, 1.82) is 0 Å². The minimum absolute atomic E-state index is 0.281. The van der Waals surface area contributed by atoms with E-state index in [0.29, 0.717) is 5.92 Å². The molecule has 0 aliphatic rings. The Morgan fingerprint density at radius 2 is 2.00 bits per heavy atom. The molecular formula is C14H19N3. The van der Waals surface area contributed by atoms with Crippen molar-refractivity contribution in [2.24, 2.45) is 0 Å². The molecule has 3 nitrogen and oxygen atoms in total. The van der Waals surface area contributed by atoms with Gasteiger partial charge in [0.25, 0.3) is 0 Å². The second kappa shape index (κ2) is 4.70. The molecule has 0 radical (unpaired) electrons. The van der Waals surface area contributed by atoms with Crippen LogP contribution in [0.5, 0.6) is 0 Å². The fraction of sp³-hybridized carbons (Fsp3) is 0.429. The largest absolute Gasteiger partial charge is 0.327 e. The first-order valence-electron chi connectivity index (χ1n) is 6.04. The molecule has 0 amide bonds. The summed E-state index contributed by atoms with van der Waals surface area (Å²) in [5, 5.41) is 0. The van der Waals surface area contributed by atoms with Gasteiger partial charge in [0.2, 0.25) is 0 Å². The Kier molecular flexibility index (Phi) is 3.27. The highest BCUT2D eigenvalue weighted by Crippen LogP contribution is 2.23. The molecule has 3 heteroatoms. The average molecular weight is 229 g/mol. The smallest absolute Gasteiger partial charge is 0.0957 e. The third-order valence-corrected chi connectivity index (χ3v) is 3.21. The van der Waals surface area contributed by atoms with Crippen LogP contribution in [0.15, 0.2) is 30.9 Å². The van der Waals surface area contributed by atoms with Gasteiger partial charge in [-0.3, -0.25) is 4.98 Å². The van der Waals surface area contributed by atoms with Gasteiger partial charge in [-0.1, -0.05) is 19.9 Å². The lowest BCUT2D eigenvalue weighted by Gasteiger charge is -2.16. The Labute approximate surface area is 103 Å². The number of hydrogen-bond donors (Lipinski definition) is 0. The quantitative estimate of drug-likeness (QED) is 0.808. The fourth-order valence-corrected chi connectivity index (χ4v) is 2.18. The van der Waals surface area contributed by atoms with Gasteiger partial charge in [-0.25, -0.2) is 4.98 Å². The predicted molar refractivity (Wildman–Crippen MR) is 69.1 cm³/mol. The van der Waals surface area contributed by atoms with Crippen molar-refractivity contribution in [3.8, 4) is 0 Å². The van der Waals surface area contributed by atoms with E-state index >= 15 is 0 Å². The molecule has 1 unspecified atom stereocenters. The Bertz CT molecular complexity index is 485. The lowest BCUT2D eigenvalue weighted by Crippen LogP contribution is -2.08. The van der Waals surface area contributed by atoms with E-state index in [4.69, 9.17) is 0 Å². The number of pyridine rings is 1. The molecule has 0 saturated carbocycles. The van der Waals surface area contributed by atoms with E-state index in [1.165, 1.54) is 17.0 Å². The van der Waals surface area contributed by atoms with Gasteiger partial charge < -0.3 is 4.57 Å². The Morgan fingerprint density at radius 1 is 1.24 bits per heavy atom. The van der Waals surface area contributed by atoms with E-state index in [2.05, 4.69) is 48.3 Å². The summed E-state index contributed by atoms with van der Waals surface area (Å²) in [6.07, 6.45) is 5.65. The normalized spacial score (nSPS) is 13.0. The maximum absolute atomic E-state index is 4.50. The SMILES string of the molecule is Cc1c(C(C)C)ncn1C(C)c1cccnc1. The molecule has 1 atom stereocenters. The van der Waals surface area contributed by atoms with Gasteiger partial charge in [0.15, 0.2) is 0 Å². The van der Waals surface area contributed by atoms with Crippen LogP contribution in [-0.2, 0) is 0 Å². The number of hydrogen-bond acceptors (Lipinski definition) is 2. The van der Waals surface area contributed by atoms with E-state index in [9.17, 15) is 0 Å². The molecular weight excluding hydrogens is 210 g/mol. The molecule has 17 heavy (non-hydrogen) atoms.